The van der Waals surface area contributed by atoms with Gasteiger partial charge in [0.15, 0.2) is 43.6 Å². The van der Waals surface area contributed by atoms with Gasteiger partial charge in [0.1, 0.15) is 5.69 Å². The number of anilines is 1. The summed E-state index contributed by atoms with van der Waals surface area (Å²) >= 11 is 0. The van der Waals surface area contributed by atoms with E-state index in [-0.39, 0.29) is 47.7 Å². The van der Waals surface area contributed by atoms with Crippen LogP contribution in [0, 0.1) is 5.82 Å². The zero-order valence-corrected chi connectivity index (χ0v) is 21.8. The predicted molar refractivity (Wildman–Crippen MR) is 138 cm³/mol. The Balaban J connectivity index is 0.00000280. The molecule has 0 radical (unpaired) electrons. The Bertz CT molecular complexity index is 1530. The van der Waals surface area contributed by atoms with E-state index in [1.165, 1.54) is 18.9 Å². The van der Waals surface area contributed by atoms with Gasteiger partial charge < -0.3 is 19.5 Å². The second-order valence-electron chi connectivity index (χ2n) is 9.93. The van der Waals surface area contributed by atoms with Crippen LogP contribution >= 0.6 is 12.4 Å². The Hall–Kier alpha value is -2.76. The molecule has 1 aromatic heterocycles. The van der Waals surface area contributed by atoms with Crippen molar-refractivity contribution >= 4 is 50.4 Å². The molecule has 0 spiro atoms. The highest BCUT2D eigenvalue weighted by atomic mass is 35.5. The number of Topliss-reactive ketones (excluding diaryl/α,β-unsaturated/α-hetero) is 2. The number of halogens is 2. The second-order valence-corrected chi connectivity index (χ2v) is 12.1. The van der Waals surface area contributed by atoms with Gasteiger partial charge >= 0.3 is 0 Å². The second kappa shape index (κ2) is 9.21. The molecule has 0 amide bonds. The minimum Gasteiger partial charge on any atom is -0.492 e. The Morgan fingerprint density at radius 2 is 2.00 bits per heavy atom. The normalized spacial score (nSPS) is 24.5. The van der Waals surface area contributed by atoms with E-state index >= 15 is 4.39 Å². The number of pyridine rings is 1. The fraction of sp³-hybridized carbons (Fsp3) is 0.480. The number of aromatic nitrogens is 1. The molecule has 9 nitrogen and oxygen atoms in total. The first-order valence-corrected chi connectivity index (χ1v) is 13.8. The Morgan fingerprint density at radius 3 is 2.62 bits per heavy atom. The molecule has 4 aliphatic rings. The van der Waals surface area contributed by atoms with Crippen molar-refractivity contribution in [3.05, 3.63) is 45.5 Å². The van der Waals surface area contributed by atoms with Crippen molar-refractivity contribution in [3.8, 4) is 5.75 Å². The summed E-state index contributed by atoms with van der Waals surface area (Å²) < 4.78 is 47.9. The minimum absolute atomic E-state index is 0. The number of rotatable bonds is 5. The highest BCUT2D eigenvalue weighted by Crippen LogP contribution is 2.44. The fourth-order valence-corrected chi connectivity index (χ4v) is 7.40. The van der Waals surface area contributed by atoms with Crippen molar-refractivity contribution in [2.24, 2.45) is 0 Å². The number of ketones is 2. The molecule has 1 aliphatic carbocycles. The molecular formula is C25H27ClFN3O6S. The first-order chi connectivity index (χ1) is 17.2. The van der Waals surface area contributed by atoms with Gasteiger partial charge in [-0.25, -0.2) is 12.8 Å². The lowest BCUT2D eigenvalue weighted by Crippen LogP contribution is -2.36. The topological polar surface area (TPSA) is 115 Å². The van der Waals surface area contributed by atoms with Crippen LogP contribution in [0.2, 0.25) is 0 Å². The van der Waals surface area contributed by atoms with Crippen molar-refractivity contribution in [1.82, 2.24) is 9.88 Å². The van der Waals surface area contributed by atoms with Gasteiger partial charge in [-0.1, -0.05) is 6.08 Å². The highest BCUT2D eigenvalue weighted by molar-refractivity contribution is 7.94. The van der Waals surface area contributed by atoms with Crippen molar-refractivity contribution < 1.29 is 27.1 Å². The number of hydrogen-bond donors (Lipinski definition) is 1. The molecule has 198 valence electrons. The summed E-state index contributed by atoms with van der Waals surface area (Å²) in [6, 6.07) is 1.18. The number of ether oxygens (including phenoxy) is 1. The Morgan fingerprint density at radius 1 is 1.24 bits per heavy atom. The number of nitrogens with one attached hydrogen (secondary N) is 1. The van der Waals surface area contributed by atoms with Gasteiger partial charge in [-0.3, -0.25) is 14.4 Å². The minimum atomic E-state index is -3.98. The van der Waals surface area contributed by atoms with Gasteiger partial charge in [-0.2, -0.15) is 0 Å². The summed E-state index contributed by atoms with van der Waals surface area (Å²) in [6.07, 6.45) is 5.73. The summed E-state index contributed by atoms with van der Waals surface area (Å²) in [4.78, 5) is 40.9. The van der Waals surface area contributed by atoms with E-state index in [4.69, 9.17) is 4.74 Å². The molecule has 1 N–H and O–H groups in total. The van der Waals surface area contributed by atoms with Crippen LogP contribution < -0.4 is 20.4 Å². The van der Waals surface area contributed by atoms with Crippen LogP contribution in [0.1, 0.15) is 42.1 Å². The fourth-order valence-electron chi connectivity index (χ4n) is 5.71. The van der Waals surface area contributed by atoms with Crippen molar-refractivity contribution in [1.29, 1.82) is 0 Å². The van der Waals surface area contributed by atoms with Crippen LogP contribution in [0.5, 0.6) is 5.75 Å². The monoisotopic (exact) mass is 551 g/mol. The largest absolute Gasteiger partial charge is 0.492 e. The molecule has 1 aromatic carbocycles. The molecule has 12 heteroatoms. The van der Waals surface area contributed by atoms with E-state index < -0.39 is 49.2 Å². The van der Waals surface area contributed by atoms with E-state index in [0.717, 1.165) is 31.9 Å². The molecule has 37 heavy (non-hydrogen) atoms. The van der Waals surface area contributed by atoms with Crippen molar-refractivity contribution in [2.45, 2.75) is 43.0 Å². The third kappa shape index (κ3) is 4.07. The molecular weight excluding hydrogens is 525 g/mol. The maximum absolute atomic E-state index is 15.7. The van der Waals surface area contributed by atoms with Crippen LogP contribution in [-0.2, 0) is 14.6 Å². The summed E-state index contributed by atoms with van der Waals surface area (Å²) in [6.45, 7) is 1.94. The van der Waals surface area contributed by atoms with E-state index in [1.54, 1.807) is 4.57 Å². The highest BCUT2D eigenvalue weighted by Gasteiger charge is 2.46. The molecule has 6 rings (SSSR count). The summed E-state index contributed by atoms with van der Waals surface area (Å²) in [5.74, 6) is -2.62. The SMILES string of the molecule is COc1c(N2CC3=CCCNC3C2)c(F)cc2c(=O)c(C(=O)C3C(=O)CCS3(=O)=O)cn(C3CC3)c12.Cl. The van der Waals surface area contributed by atoms with Crippen LogP contribution in [0.25, 0.3) is 10.9 Å². The zero-order valence-electron chi connectivity index (χ0n) is 20.2. The number of benzene rings is 1. The molecule has 2 saturated heterocycles. The maximum atomic E-state index is 15.7. The molecule has 0 bridgehead atoms. The van der Waals surface area contributed by atoms with Gasteiger partial charge in [0, 0.05) is 37.8 Å². The van der Waals surface area contributed by atoms with E-state index in [0.29, 0.717) is 18.6 Å². The molecule has 3 aliphatic heterocycles. The van der Waals surface area contributed by atoms with Gasteiger partial charge in [-0.15, -0.1) is 12.4 Å². The summed E-state index contributed by atoms with van der Waals surface area (Å²) in [5.41, 5.74) is 0.601. The van der Waals surface area contributed by atoms with Crippen LogP contribution in [-0.4, -0.2) is 68.3 Å². The Kier molecular flexibility index (Phi) is 6.44. The number of carbonyl (C=O) groups excluding carboxylic acids is 2. The van der Waals surface area contributed by atoms with Crippen LogP contribution in [0.4, 0.5) is 10.1 Å². The lowest BCUT2D eigenvalue weighted by atomic mass is 10.0. The summed E-state index contributed by atoms with van der Waals surface area (Å²) in [7, 11) is -2.56. The average Bonchev–Trinajstić information content (AvgIpc) is 3.53. The van der Waals surface area contributed by atoms with Gasteiger partial charge in [0.05, 0.1) is 29.3 Å². The average molecular weight is 552 g/mol. The zero-order chi connectivity index (χ0) is 25.4. The summed E-state index contributed by atoms with van der Waals surface area (Å²) in [5, 5.41) is 1.49. The first kappa shape index (κ1) is 25.9. The lowest BCUT2D eigenvalue weighted by Gasteiger charge is -2.25. The molecule has 2 aromatic rings. The van der Waals surface area contributed by atoms with Crippen molar-refractivity contribution in [3.63, 3.8) is 0 Å². The molecule has 1 saturated carbocycles. The Labute approximate surface area is 219 Å². The maximum Gasteiger partial charge on any atom is 0.200 e. The van der Waals surface area contributed by atoms with Crippen LogP contribution in [0.15, 0.2) is 28.7 Å². The van der Waals surface area contributed by atoms with E-state index in [2.05, 4.69) is 11.4 Å². The number of sulfone groups is 1. The van der Waals surface area contributed by atoms with Crippen LogP contribution in [0.3, 0.4) is 0 Å². The van der Waals surface area contributed by atoms with Gasteiger partial charge in [-0.05, 0) is 37.4 Å². The number of carbonyl (C=O) groups is 2. The van der Waals surface area contributed by atoms with Crippen molar-refractivity contribution in [2.75, 3.05) is 37.4 Å². The number of hydrogen-bond acceptors (Lipinski definition) is 8. The lowest BCUT2D eigenvalue weighted by molar-refractivity contribution is -0.117. The number of nitrogens with zero attached hydrogens (tertiary/aromatic N) is 2. The number of fused-ring (bicyclic) bond motifs is 2. The molecule has 4 heterocycles. The van der Waals surface area contributed by atoms with Gasteiger partial charge in [0.25, 0.3) is 0 Å². The quantitative estimate of drug-likeness (QED) is 0.341. The molecule has 2 atom stereocenters. The third-order valence-corrected chi connectivity index (χ3v) is 9.58. The number of methoxy groups -OCH3 is 1. The first-order valence-electron chi connectivity index (χ1n) is 12.1. The molecule has 2 unspecified atom stereocenters. The smallest absolute Gasteiger partial charge is 0.200 e. The molecule has 3 fully saturated rings. The van der Waals surface area contributed by atoms with E-state index in [1.807, 2.05) is 4.90 Å². The standard InChI is InChI=1S/C25H26FN3O6S.ClH/c1-35-24-20-15(9-17(26)21(24)28-10-13-3-2-7-27-18(13)12-28)22(31)16(11-29(20)14-4-5-14)23(32)25-19(30)6-8-36(25,33)34;/h3,9,11,14,18,25,27H,2,4-8,10,12H2,1H3;1H. The third-order valence-electron chi connectivity index (χ3n) is 7.61. The van der Waals surface area contributed by atoms with E-state index in [9.17, 15) is 22.8 Å². The van der Waals surface area contributed by atoms with Gasteiger partial charge in [0.2, 0.25) is 0 Å². The predicted octanol–water partition coefficient (Wildman–Crippen LogP) is 1.95.